The van der Waals surface area contributed by atoms with Gasteiger partial charge in [-0.2, -0.15) is 10.2 Å². The molecule has 2 rings (SSSR count). The molecule has 0 amide bonds. The zero-order valence-corrected chi connectivity index (χ0v) is 13.6. The van der Waals surface area contributed by atoms with E-state index in [2.05, 4.69) is 31.4 Å². The first-order valence-corrected chi connectivity index (χ1v) is 7.33. The van der Waals surface area contributed by atoms with Crippen LogP contribution in [0.15, 0.2) is 22.7 Å². The highest BCUT2D eigenvalue weighted by atomic mass is 79.9. The maximum absolute atomic E-state index is 14.1. The van der Waals surface area contributed by atoms with Gasteiger partial charge in [0.15, 0.2) is 0 Å². The molecule has 0 saturated heterocycles. The fourth-order valence-corrected chi connectivity index (χ4v) is 2.62. The van der Waals surface area contributed by atoms with Gasteiger partial charge in [-0.15, -0.1) is 0 Å². The number of nitrogens with zero attached hydrogens (tertiary/aromatic N) is 2. The van der Waals surface area contributed by atoms with Crippen molar-refractivity contribution in [3.05, 3.63) is 56.8 Å². The van der Waals surface area contributed by atoms with E-state index in [0.717, 1.165) is 17.0 Å². The van der Waals surface area contributed by atoms with Crippen molar-refractivity contribution in [2.75, 3.05) is 7.05 Å². The lowest BCUT2D eigenvalue weighted by atomic mass is 9.97. The van der Waals surface area contributed by atoms with Crippen LogP contribution in [0.5, 0.6) is 0 Å². The van der Waals surface area contributed by atoms with Gasteiger partial charge < -0.3 is 5.32 Å². The summed E-state index contributed by atoms with van der Waals surface area (Å²) >= 11 is 3.09. The smallest absolute Gasteiger partial charge is 0.143 e. The van der Waals surface area contributed by atoms with Gasteiger partial charge in [0.2, 0.25) is 0 Å². The number of rotatable bonds is 4. The maximum atomic E-state index is 14.1. The molecule has 0 radical (unpaired) electrons. The van der Waals surface area contributed by atoms with E-state index in [1.165, 1.54) is 12.1 Å². The molecule has 21 heavy (non-hydrogen) atoms. The molecule has 6 heteroatoms. The van der Waals surface area contributed by atoms with E-state index in [0.29, 0.717) is 0 Å². The average molecular weight is 356 g/mol. The Balaban J connectivity index is 2.40. The van der Waals surface area contributed by atoms with E-state index in [4.69, 9.17) is 0 Å². The molecule has 0 aliphatic heterocycles. The Morgan fingerprint density at radius 2 is 1.95 bits per heavy atom. The normalized spacial score (nSPS) is 12.5. The summed E-state index contributed by atoms with van der Waals surface area (Å²) in [4.78, 5) is 0. The summed E-state index contributed by atoms with van der Waals surface area (Å²) in [5.74, 6) is -1.11. The lowest BCUT2D eigenvalue weighted by molar-refractivity contribution is 0.509. The van der Waals surface area contributed by atoms with Crippen LogP contribution in [-0.4, -0.2) is 17.2 Å². The fourth-order valence-electron chi connectivity index (χ4n) is 2.25. The van der Waals surface area contributed by atoms with Gasteiger partial charge >= 0.3 is 0 Å². The van der Waals surface area contributed by atoms with E-state index >= 15 is 0 Å². The third-order valence-corrected chi connectivity index (χ3v) is 4.02. The second kappa shape index (κ2) is 6.58. The minimum atomic E-state index is -0.563. The highest BCUT2D eigenvalue weighted by Gasteiger charge is 2.20. The molecule has 0 bridgehead atoms. The molecule has 3 nitrogen and oxygen atoms in total. The lowest BCUT2D eigenvalue weighted by Gasteiger charge is -2.19. The summed E-state index contributed by atoms with van der Waals surface area (Å²) in [6.07, 6.45) is 0.194. The number of benzene rings is 1. The van der Waals surface area contributed by atoms with Crippen LogP contribution in [0.4, 0.5) is 8.78 Å². The predicted octanol–water partition coefficient (Wildman–Crippen LogP) is 3.64. The Morgan fingerprint density at radius 1 is 1.24 bits per heavy atom. The molecule has 1 heterocycles. The molecule has 0 spiro atoms. The first-order valence-electron chi connectivity index (χ1n) is 6.54. The van der Waals surface area contributed by atoms with Gasteiger partial charge in [-0.05, 0) is 67.0 Å². The van der Waals surface area contributed by atoms with Crippen LogP contribution in [0, 0.1) is 25.5 Å². The maximum Gasteiger partial charge on any atom is 0.143 e. The molecule has 0 fully saturated rings. The zero-order chi connectivity index (χ0) is 15.6. The van der Waals surface area contributed by atoms with Gasteiger partial charge in [0.1, 0.15) is 11.6 Å². The van der Waals surface area contributed by atoms with E-state index in [9.17, 15) is 8.78 Å². The van der Waals surface area contributed by atoms with Gasteiger partial charge in [-0.25, -0.2) is 8.78 Å². The van der Waals surface area contributed by atoms with Gasteiger partial charge in [0.25, 0.3) is 0 Å². The van der Waals surface area contributed by atoms with Crippen molar-refractivity contribution in [1.82, 2.24) is 15.5 Å². The summed E-state index contributed by atoms with van der Waals surface area (Å²) in [6.45, 7) is 3.67. The van der Waals surface area contributed by atoms with Gasteiger partial charge in [0.05, 0.1) is 15.9 Å². The number of likely N-dealkylation sites (N-methyl/N-ethyl adjacent to an activating group) is 1. The average Bonchev–Trinajstić information content (AvgIpc) is 2.46. The second-order valence-corrected chi connectivity index (χ2v) is 5.75. The molecule has 0 aliphatic rings. The molecule has 1 atom stereocenters. The first-order chi connectivity index (χ1) is 9.93. The number of aromatic nitrogens is 2. The Labute approximate surface area is 130 Å². The number of nitrogens with one attached hydrogen (secondary N) is 1. The van der Waals surface area contributed by atoms with Crippen LogP contribution in [0.25, 0.3) is 0 Å². The number of hydrogen-bond acceptors (Lipinski definition) is 3. The highest BCUT2D eigenvalue weighted by molar-refractivity contribution is 9.10. The topological polar surface area (TPSA) is 37.8 Å². The SMILES string of the molecule is CNC(Cc1c(F)ccc(Br)c1F)c1cc(C)nnc1C. The molecule has 1 aromatic carbocycles. The Morgan fingerprint density at radius 3 is 2.62 bits per heavy atom. The Kier molecular flexibility index (Phi) is 5.00. The standard InChI is InChI=1S/C15H16BrF2N3/c1-8-6-10(9(2)21-20-8)14(19-3)7-11-13(17)5-4-12(16)15(11)18/h4-6,14,19H,7H2,1-3H3. The van der Waals surface area contributed by atoms with Crippen molar-refractivity contribution in [3.63, 3.8) is 0 Å². The summed E-state index contributed by atoms with van der Waals surface area (Å²) in [7, 11) is 1.76. The zero-order valence-electron chi connectivity index (χ0n) is 12.0. The Hall–Kier alpha value is -1.40. The monoisotopic (exact) mass is 355 g/mol. The quantitative estimate of drug-likeness (QED) is 0.850. The highest BCUT2D eigenvalue weighted by Crippen LogP contribution is 2.27. The van der Waals surface area contributed by atoms with Crippen molar-refractivity contribution in [1.29, 1.82) is 0 Å². The summed E-state index contributed by atoms with van der Waals surface area (Å²) < 4.78 is 28.3. The summed E-state index contributed by atoms with van der Waals surface area (Å²) in [6, 6.07) is 4.28. The molecule has 0 saturated carbocycles. The number of aryl methyl sites for hydroxylation is 2. The van der Waals surface area contributed by atoms with Crippen molar-refractivity contribution in [3.8, 4) is 0 Å². The van der Waals surface area contributed by atoms with E-state index in [-0.39, 0.29) is 22.5 Å². The van der Waals surface area contributed by atoms with Gasteiger partial charge in [0, 0.05) is 11.6 Å². The largest absolute Gasteiger partial charge is 0.313 e. The van der Waals surface area contributed by atoms with Crippen LogP contribution in [0.2, 0.25) is 0 Å². The van der Waals surface area contributed by atoms with Crippen LogP contribution < -0.4 is 5.32 Å². The first kappa shape index (κ1) is 16.0. The third kappa shape index (κ3) is 3.44. The molecule has 1 aromatic heterocycles. The molecular formula is C15H16BrF2N3. The van der Waals surface area contributed by atoms with E-state index < -0.39 is 11.6 Å². The van der Waals surface area contributed by atoms with Crippen LogP contribution in [0.3, 0.4) is 0 Å². The van der Waals surface area contributed by atoms with Crippen molar-refractivity contribution in [2.45, 2.75) is 26.3 Å². The molecular weight excluding hydrogens is 340 g/mol. The molecule has 112 valence electrons. The third-order valence-electron chi connectivity index (χ3n) is 3.41. The molecule has 1 N–H and O–H groups in total. The van der Waals surface area contributed by atoms with E-state index in [1.807, 2.05) is 19.9 Å². The summed E-state index contributed by atoms with van der Waals surface area (Å²) in [5, 5.41) is 11.1. The van der Waals surface area contributed by atoms with Crippen LogP contribution >= 0.6 is 15.9 Å². The fraction of sp³-hybridized carbons (Fsp3) is 0.333. The van der Waals surface area contributed by atoms with Crippen LogP contribution in [0.1, 0.15) is 28.6 Å². The number of halogens is 3. The van der Waals surface area contributed by atoms with Crippen molar-refractivity contribution in [2.24, 2.45) is 0 Å². The Bertz CT molecular complexity index is 662. The van der Waals surface area contributed by atoms with E-state index in [1.54, 1.807) is 7.05 Å². The minimum absolute atomic E-state index is 0.0533. The molecule has 2 aromatic rings. The van der Waals surface area contributed by atoms with Crippen molar-refractivity contribution >= 4 is 15.9 Å². The van der Waals surface area contributed by atoms with Crippen LogP contribution in [-0.2, 0) is 6.42 Å². The van der Waals surface area contributed by atoms with Gasteiger partial charge in [-0.1, -0.05) is 0 Å². The number of hydrogen-bond donors (Lipinski definition) is 1. The second-order valence-electron chi connectivity index (χ2n) is 4.89. The molecule has 0 aliphatic carbocycles. The summed E-state index contributed by atoms with van der Waals surface area (Å²) in [5.41, 5.74) is 2.46. The minimum Gasteiger partial charge on any atom is -0.313 e. The predicted molar refractivity (Wildman–Crippen MR) is 81.1 cm³/mol. The van der Waals surface area contributed by atoms with Gasteiger partial charge in [-0.3, -0.25) is 0 Å². The lowest BCUT2D eigenvalue weighted by Crippen LogP contribution is -2.22. The van der Waals surface area contributed by atoms with Crippen molar-refractivity contribution < 1.29 is 8.78 Å². The molecule has 1 unspecified atom stereocenters.